The average Bonchev–Trinajstić information content (AvgIpc) is 3.54. The molecular weight excluding hydrogens is 558 g/mol. The first-order chi connectivity index (χ1) is 18.9. The van der Waals surface area contributed by atoms with Crippen LogP contribution in [0.1, 0.15) is 22.7 Å². The summed E-state index contributed by atoms with van der Waals surface area (Å²) in [4.78, 5) is 28.1. The smallest absolute Gasteiger partial charge is 0.301 e. The van der Waals surface area contributed by atoms with Crippen molar-refractivity contribution in [1.82, 2.24) is 10.2 Å². The summed E-state index contributed by atoms with van der Waals surface area (Å²) >= 11 is 8.62. The minimum Gasteiger partial charge on any atom is -0.507 e. The van der Waals surface area contributed by atoms with Crippen molar-refractivity contribution < 1.29 is 24.2 Å². The van der Waals surface area contributed by atoms with Gasteiger partial charge in [-0.1, -0.05) is 83.2 Å². The monoisotopic (exact) mass is 579 g/mol. The first kappa shape index (κ1) is 26.7. The van der Waals surface area contributed by atoms with Gasteiger partial charge in [-0.05, 0) is 35.4 Å². The number of carbonyl (C=O) groups excluding carboxylic acids is 2. The fourth-order valence-electron chi connectivity index (χ4n) is 4.20. The Morgan fingerprint density at radius 3 is 2.41 bits per heavy atom. The number of aliphatic hydroxyl groups excluding tert-OH is 1. The van der Waals surface area contributed by atoms with E-state index >= 15 is 0 Å². The molecule has 1 amide bonds. The molecule has 0 aliphatic carbocycles. The van der Waals surface area contributed by atoms with Crippen molar-refractivity contribution in [1.29, 1.82) is 0 Å². The molecule has 198 valence electrons. The van der Waals surface area contributed by atoms with Crippen molar-refractivity contribution in [2.45, 2.75) is 16.1 Å². The summed E-state index contributed by atoms with van der Waals surface area (Å²) in [5, 5.41) is 20.6. The second kappa shape index (κ2) is 11.5. The molecule has 11 heteroatoms. The Labute approximate surface area is 237 Å². The second-order valence-electron chi connectivity index (χ2n) is 8.42. The van der Waals surface area contributed by atoms with Gasteiger partial charge in [0, 0.05) is 16.3 Å². The SMILES string of the molecule is COc1ccc(C2/C(=C(/O)c3ccccc3)C(=O)C(=O)N2c2nnc(SCc3ccc(Cl)cc3)s2)cc1OC. The third kappa shape index (κ3) is 5.36. The molecule has 5 rings (SSSR count). The zero-order valence-corrected chi connectivity index (χ0v) is 23.2. The number of ether oxygens (including phenoxy) is 2. The molecule has 8 nitrogen and oxygen atoms in total. The maximum absolute atomic E-state index is 13.4. The number of Topliss-reactive ketones (excluding diaryl/α,β-unsaturated/α-hetero) is 1. The van der Waals surface area contributed by atoms with E-state index in [9.17, 15) is 14.7 Å². The Kier molecular flexibility index (Phi) is 7.87. The summed E-state index contributed by atoms with van der Waals surface area (Å²) in [6, 6.07) is 20.2. The van der Waals surface area contributed by atoms with Gasteiger partial charge in [-0.15, -0.1) is 10.2 Å². The topological polar surface area (TPSA) is 102 Å². The highest BCUT2D eigenvalue weighted by Crippen LogP contribution is 2.45. The lowest BCUT2D eigenvalue weighted by Crippen LogP contribution is -2.29. The number of methoxy groups -OCH3 is 2. The summed E-state index contributed by atoms with van der Waals surface area (Å²) < 4.78 is 11.4. The van der Waals surface area contributed by atoms with Gasteiger partial charge >= 0.3 is 5.91 Å². The van der Waals surface area contributed by atoms with E-state index in [1.54, 1.807) is 48.5 Å². The third-order valence-electron chi connectivity index (χ3n) is 6.09. The molecule has 0 bridgehead atoms. The van der Waals surface area contributed by atoms with Crippen LogP contribution in [0.15, 0.2) is 82.7 Å². The van der Waals surface area contributed by atoms with Crippen LogP contribution >= 0.6 is 34.7 Å². The fraction of sp³-hybridized carbons (Fsp3) is 0.143. The normalized spacial score (nSPS) is 16.5. The average molecular weight is 580 g/mol. The lowest BCUT2D eigenvalue weighted by Gasteiger charge is -2.23. The quantitative estimate of drug-likeness (QED) is 0.0875. The van der Waals surface area contributed by atoms with Gasteiger partial charge in [0.1, 0.15) is 5.76 Å². The predicted octanol–water partition coefficient (Wildman–Crippen LogP) is 6.13. The van der Waals surface area contributed by atoms with Crippen LogP contribution in [-0.2, 0) is 15.3 Å². The van der Waals surface area contributed by atoms with E-state index in [1.165, 1.54) is 42.2 Å². The number of hydrogen-bond donors (Lipinski definition) is 1. The standard InChI is InChI=1S/C28H22ClN3O5S2/c1-36-20-13-10-18(14-21(20)37-2)23-22(24(33)17-6-4-3-5-7-17)25(34)26(35)32(23)27-30-31-28(39-27)38-15-16-8-11-19(29)12-9-16/h3-14,23,33H,15H2,1-2H3/b24-22-. The molecule has 1 saturated heterocycles. The van der Waals surface area contributed by atoms with Crippen LogP contribution in [0.3, 0.4) is 0 Å². The van der Waals surface area contributed by atoms with Crippen LogP contribution < -0.4 is 14.4 Å². The lowest BCUT2D eigenvalue weighted by atomic mass is 9.95. The molecule has 39 heavy (non-hydrogen) atoms. The number of anilines is 1. The molecule has 1 unspecified atom stereocenters. The molecule has 0 saturated carbocycles. The number of aliphatic hydroxyl groups is 1. The van der Waals surface area contributed by atoms with Crippen LogP contribution in [0.2, 0.25) is 5.02 Å². The van der Waals surface area contributed by atoms with Crippen molar-refractivity contribution in [2.75, 3.05) is 19.1 Å². The van der Waals surface area contributed by atoms with E-state index in [-0.39, 0.29) is 16.5 Å². The number of aromatic nitrogens is 2. The van der Waals surface area contributed by atoms with Gasteiger partial charge < -0.3 is 14.6 Å². The van der Waals surface area contributed by atoms with Crippen LogP contribution in [0.25, 0.3) is 5.76 Å². The summed E-state index contributed by atoms with van der Waals surface area (Å²) in [7, 11) is 3.01. The molecule has 1 aromatic heterocycles. The molecule has 4 aromatic rings. The number of ketones is 1. The Morgan fingerprint density at radius 2 is 1.72 bits per heavy atom. The van der Waals surface area contributed by atoms with Gasteiger partial charge in [0.2, 0.25) is 5.13 Å². The van der Waals surface area contributed by atoms with Crippen LogP contribution in [0.5, 0.6) is 11.5 Å². The highest BCUT2D eigenvalue weighted by molar-refractivity contribution is 8.00. The summed E-state index contributed by atoms with van der Waals surface area (Å²) in [6.45, 7) is 0. The molecule has 3 aromatic carbocycles. The molecule has 1 N–H and O–H groups in total. The van der Waals surface area contributed by atoms with Crippen LogP contribution in [-0.4, -0.2) is 41.2 Å². The van der Waals surface area contributed by atoms with Gasteiger partial charge in [0.05, 0.1) is 25.8 Å². The van der Waals surface area contributed by atoms with Gasteiger partial charge in [-0.25, -0.2) is 0 Å². The molecule has 1 atom stereocenters. The lowest BCUT2D eigenvalue weighted by molar-refractivity contribution is -0.132. The van der Waals surface area contributed by atoms with E-state index in [1.807, 2.05) is 24.3 Å². The Balaban J connectivity index is 1.56. The molecule has 1 aliphatic rings. The zero-order valence-electron chi connectivity index (χ0n) is 20.8. The molecule has 1 fully saturated rings. The molecule has 1 aliphatic heterocycles. The summed E-state index contributed by atoms with van der Waals surface area (Å²) in [6.07, 6.45) is 0. The number of benzene rings is 3. The number of amides is 1. The van der Waals surface area contributed by atoms with E-state index in [4.69, 9.17) is 21.1 Å². The second-order valence-corrected chi connectivity index (χ2v) is 11.0. The summed E-state index contributed by atoms with van der Waals surface area (Å²) in [5.74, 6) is -0.384. The van der Waals surface area contributed by atoms with Crippen LogP contribution in [0, 0.1) is 0 Å². The minimum absolute atomic E-state index is 0.0519. The fourth-order valence-corrected chi connectivity index (χ4v) is 6.15. The van der Waals surface area contributed by atoms with E-state index in [0.717, 1.165) is 5.56 Å². The number of rotatable bonds is 8. The predicted molar refractivity (Wildman–Crippen MR) is 152 cm³/mol. The maximum atomic E-state index is 13.4. The number of thioether (sulfide) groups is 1. The summed E-state index contributed by atoms with van der Waals surface area (Å²) in [5.41, 5.74) is 1.95. The van der Waals surface area contributed by atoms with Crippen molar-refractivity contribution in [2.24, 2.45) is 0 Å². The van der Waals surface area contributed by atoms with E-state index < -0.39 is 17.7 Å². The van der Waals surface area contributed by atoms with Crippen LogP contribution in [0.4, 0.5) is 5.13 Å². The Hall–Kier alpha value is -3.86. The number of halogens is 1. The first-order valence-electron chi connectivity index (χ1n) is 11.7. The van der Waals surface area contributed by atoms with Gasteiger partial charge in [0.25, 0.3) is 5.78 Å². The number of carbonyl (C=O) groups is 2. The highest BCUT2D eigenvalue weighted by Gasteiger charge is 2.48. The van der Waals surface area contributed by atoms with Gasteiger partial charge in [-0.2, -0.15) is 0 Å². The van der Waals surface area contributed by atoms with E-state index in [0.29, 0.717) is 37.7 Å². The van der Waals surface area contributed by atoms with Gasteiger partial charge in [-0.3, -0.25) is 14.5 Å². The first-order valence-corrected chi connectivity index (χ1v) is 13.9. The maximum Gasteiger partial charge on any atom is 0.301 e. The van der Waals surface area contributed by atoms with Gasteiger partial charge in [0.15, 0.2) is 15.8 Å². The molecule has 0 spiro atoms. The van der Waals surface area contributed by atoms with Crippen molar-refractivity contribution in [3.05, 3.63) is 100 Å². The zero-order chi connectivity index (χ0) is 27.5. The largest absolute Gasteiger partial charge is 0.507 e. The molecule has 0 radical (unpaired) electrons. The third-order valence-corrected chi connectivity index (χ3v) is 8.47. The highest BCUT2D eigenvalue weighted by atomic mass is 35.5. The van der Waals surface area contributed by atoms with Crippen molar-refractivity contribution in [3.8, 4) is 11.5 Å². The Bertz CT molecular complexity index is 1560. The Morgan fingerprint density at radius 1 is 1.00 bits per heavy atom. The van der Waals surface area contributed by atoms with Crippen molar-refractivity contribution >= 4 is 57.3 Å². The molecule has 2 heterocycles. The molecular formula is C28H22ClN3O5S2. The number of nitrogens with zero attached hydrogens (tertiary/aromatic N) is 3. The minimum atomic E-state index is -0.966. The number of hydrogen-bond acceptors (Lipinski definition) is 9. The van der Waals surface area contributed by atoms with E-state index in [2.05, 4.69) is 10.2 Å². The van der Waals surface area contributed by atoms with Crippen molar-refractivity contribution in [3.63, 3.8) is 0 Å².